The van der Waals surface area contributed by atoms with Crippen molar-refractivity contribution in [2.75, 3.05) is 4.90 Å². The molecular weight excluding hydrogens is 414 g/mol. The van der Waals surface area contributed by atoms with Crippen LogP contribution in [0.15, 0.2) is 28.9 Å². The molecule has 2 N–H and O–H groups in total. The van der Waals surface area contributed by atoms with Gasteiger partial charge < -0.3 is 14.9 Å². The Morgan fingerprint density at radius 2 is 2.13 bits per heavy atom. The molecule has 0 aliphatic carbocycles. The summed E-state index contributed by atoms with van der Waals surface area (Å²) < 4.78 is 11.7. The molecule has 31 heavy (non-hydrogen) atoms. The van der Waals surface area contributed by atoms with Crippen LogP contribution >= 0.6 is 11.3 Å². The van der Waals surface area contributed by atoms with Gasteiger partial charge in [0.05, 0.1) is 28.8 Å². The van der Waals surface area contributed by atoms with Crippen molar-refractivity contribution in [1.29, 1.82) is 10.5 Å². The first-order valence-corrected chi connectivity index (χ1v) is 10.5. The zero-order valence-corrected chi connectivity index (χ0v) is 18.6. The zero-order chi connectivity index (χ0) is 22.8. The van der Waals surface area contributed by atoms with Crippen molar-refractivity contribution in [2.24, 2.45) is 5.73 Å². The van der Waals surface area contributed by atoms with Crippen LogP contribution in [0.2, 0.25) is 0 Å². The van der Waals surface area contributed by atoms with E-state index >= 15 is 0 Å². The molecule has 1 amide bonds. The minimum Gasteiger partial charge on any atom is -0.467 e. The maximum Gasteiger partial charge on any atom is 0.415 e. The van der Waals surface area contributed by atoms with Crippen molar-refractivity contribution >= 4 is 33.3 Å². The maximum atomic E-state index is 13.1. The maximum absolute atomic E-state index is 13.1. The lowest BCUT2D eigenvalue weighted by atomic mass is 10.1. The Morgan fingerprint density at radius 1 is 1.39 bits per heavy atom. The number of fused-ring (bicyclic) bond motifs is 1. The number of nitriles is 2. The van der Waals surface area contributed by atoms with Crippen molar-refractivity contribution in [3.63, 3.8) is 0 Å². The Hall–Kier alpha value is -3.40. The summed E-state index contributed by atoms with van der Waals surface area (Å²) >= 11 is 1.34. The number of nitrogens with zero attached hydrogens (tertiary/aromatic N) is 4. The van der Waals surface area contributed by atoms with Crippen LogP contribution in [0.3, 0.4) is 0 Å². The first-order valence-electron chi connectivity index (χ1n) is 9.68. The number of hydrogen-bond donors (Lipinski definition) is 1. The molecule has 0 saturated heterocycles. The monoisotopic (exact) mass is 437 g/mol. The smallest absolute Gasteiger partial charge is 0.415 e. The van der Waals surface area contributed by atoms with Crippen molar-refractivity contribution < 1.29 is 13.9 Å². The highest BCUT2D eigenvalue weighted by atomic mass is 32.1. The Balaban J connectivity index is 2.23. The lowest BCUT2D eigenvalue weighted by molar-refractivity contribution is 0.0575. The highest BCUT2D eigenvalue weighted by Crippen LogP contribution is 2.39. The number of hydrogen-bond acceptors (Lipinski definition) is 8. The minimum atomic E-state index is -0.726. The lowest BCUT2D eigenvalue weighted by Crippen LogP contribution is -2.36. The van der Waals surface area contributed by atoms with Crippen molar-refractivity contribution in [3.05, 3.63) is 46.4 Å². The molecular formula is C22H23N5O3S. The van der Waals surface area contributed by atoms with Crippen LogP contribution in [0.1, 0.15) is 49.6 Å². The average molecular weight is 438 g/mol. The number of carbonyl (C=O) groups excluding carboxylic acids is 1. The van der Waals surface area contributed by atoms with Gasteiger partial charge in [0.25, 0.3) is 0 Å². The molecule has 3 rings (SSSR count). The van der Waals surface area contributed by atoms with Gasteiger partial charge in [0.1, 0.15) is 34.7 Å². The third-order valence-electron chi connectivity index (χ3n) is 4.23. The number of nitrogens with two attached hydrogens (primary N) is 1. The molecule has 0 spiro atoms. The first-order chi connectivity index (χ1) is 14.6. The summed E-state index contributed by atoms with van der Waals surface area (Å²) in [6, 6.07) is 9.05. The van der Waals surface area contributed by atoms with Crippen molar-refractivity contribution in [1.82, 2.24) is 4.98 Å². The van der Waals surface area contributed by atoms with Gasteiger partial charge in [-0.2, -0.15) is 10.5 Å². The molecule has 0 radical (unpaired) electrons. The summed E-state index contributed by atoms with van der Waals surface area (Å²) in [6.45, 7) is 7.27. The van der Waals surface area contributed by atoms with E-state index in [1.54, 1.807) is 32.9 Å². The van der Waals surface area contributed by atoms with Gasteiger partial charge >= 0.3 is 6.09 Å². The summed E-state index contributed by atoms with van der Waals surface area (Å²) in [5, 5.41) is 19.3. The molecule has 3 aromatic rings. The summed E-state index contributed by atoms with van der Waals surface area (Å²) in [5.74, 6) is 0.544. The molecule has 9 heteroatoms. The normalized spacial score (nSPS) is 12.2. The van der Waals surface area contributed by atoms with E-state index in [-0.39, 0.29) is 18.3 Å². The summed E-state index contributed by atoms with van der Waals surface area (Å²) in [5.41, 5.74) is 6.52. The number of amides is 1. The Kier molecular flexibility index (Phi) is 6.30. The molecule has 1 atom stereocenters. The molecule has 0 saturated carbocycles. The van der Waals surface area contributed by atoms with Gasteiger partial charge in [-0.3, -0.25) is 4.90 Å². The van der Waals surface area contributed by atoms with Crippen LogP contribution in [-0.4, -0.2) is 22.7 Å². The van der Waals surface area contributed by atoms with E-state index in [0.717, 1.165) is 4.88 Å². The van der Waals surface area contributed by atoms with Gasteiger partial charge in [0, 0.05) is 17.0 Å². The molecule has 0 aromatic carbocycles. The first kappa shape index (κ1) is 22.3. The fourth-order valence-corrected chi connectivity index (χ4v) is 4.38. The molecule has 0 bridgehead atoms. The largest absolute Gasteiger partial charge is 0.467 e. The third kappa shape index (κ3) is 5.02. The molecule has 3 heterocycles. The Morgan fingerprint density at radius 3 is 2.68 bits per heavy atom. The van der Waals surface area contributed by atoms with Crippen molar-refractivity contribution in [2.45, 2.75) is 52.3 Å². The zero-order valence-electron chi connectivity index (χ0n) is 17.8. The lowest BCUT2D eigenvalue weighted by Gasteiger charge is -2.27. The van der Waals surface area contributed by atoms with E-state index in [9.17, 15) is 15.3 Å². The molecule has 160 valence electrons. The van der Waals surface area contributed by atoms with Crippen LogP contribution < -0.4 is 10.6 Å². The van der Waals surface area contributed by atoms with Gasteiger partial charge in [-0.05, 0) is 46.2 Å². The fraction of sp³-hybridized carbons (Fsp3) is 0.364. The van der Waals surface area contributed by atoms with Crippen LogP contribution in [0.4, 0.5) is 10.5 Å². The number of anilines is 1. The molecule has 0 unspecified atom stereocenters. The number of carbonyl (C=O) groups is 1. The number of ether oxygens (including phenoxy) is 1. The highest BCUT2D eigenvalue weighted by molar-refractivity contribution is 7.20. The van der Waals surface area contributed by atoms with E-state index in [0.29, 0.717) is 33.6 Å². The topological polar surface area (TPSA) is 129 Å². The number of rotatable bonds is 5. The summed E-state index contributed by atoms with van der Waals surface area (Å²) in [6.07, 6.45) is 1.40. The van der Waals surface area contributed by atoms with E-state index < -0.39 is 11.7 Å². The SMILES string of the molecule is C[C@H](N)Cc1sc2c(N(Cc3ccco3)C(=O)OC(C)(C)C)cc(C#N)nc2c1C#N. The minimum absolute atomic E-state index is 0.0916. The quantitative estimate of drug-likeness (QED) is 0.623. The van der Waals surface area contributed by atoms with E-state index in [4.69, 9.17) is 14.9 Å². The second kappa shape index (κ2) is 8.76. The van der Waals surface area contributed by atoms with Crippen LogP contribution in [0.25, 0.3) is 10.2 Å². The summed E-state index contributed by atoms with van der Waals surface area (Å²) in [4.78, 5) is 19.7. The van der Waals surface area contributed by atoms with Gasteiger partial charge in [-0.25, -0.2) is 9.78 Å². The number of pyridine rings is 1. The van der Waals surface area contributed by atoms with Gasteiger partial charge in [-0.15, -0.1) is 11.3 Å². The molecule has 3 aromatic heterocycles. The predicted octanol–water partition coefficient (Wildman–Crippen LogP) is 4.46. The van der Waals surface area contributed by atoms with E-state index in [1.165, 1.54) is 28.6 Å². The average Bonchev–Trinajstić information content (AvgIpc) is 3.30. The van der Waals surface area contributed by atoms with Gasteiger partial charge in [0.15, 0.2) is 0 Å². The Labute approximate surface area is 184 Å². The predicted molar refractivity (Wildman–Crippen MR) is 118 cm³/mol. The molecule has 0 aliphatic heterocycles. The summed E-state index contributed by atoms with van der Waals surface area (Å²) in [7, 11) is 0. The number of thiophene rings is 1. The van der Waals surface area contributed by atoms with Crippen molar-refractivity contribution in [3.8, 4) is 12.1 Å². The fourth-order valence-electron chi connectivity index (χ4n) is 3.03. The molecule has 0 fully saturated rings. The number of aromatic nitrogens is 1. The van der Waals surface area contributed by atoms with Crippen LogP contribution in [0.5, 0.6) is 0 Å². The van der Waals surface area contributed by atoms with E-state index in [2.05, 4.69) is 11.1 Å². The second-order valence-electron chi connectivity index (χ2n) is 8.16. The second-order valence-corrected chi connectivity index (χ2v) is 9.26. The van der Waals surface area contributed by atoms with E-state index in [1.807, 2.05) is 13.0 Å². The van der Waals surface area contributed by atoms with Gasteiger partial charge in [-0.1, -0.05) is 0 Å². The van der Waals surface area contributed by atoms with Gasteiger partial charge in [0.2, 0.25) is 0 Å². The standard InChI is InChI=1S/C22H23N5O3S/c1-13(25)8-18-16(11-24)19-20(31-18)17(9-14(10-23)26-19)27(12-15-6-5-7-29-15)21(28)30-22(2,3)4/h5-7,9,13H,8,12,25H2,1-4H3/t13-/m0/s1. The number of furan rings is 1. The Bertz CT molecular complexity index is 1180. The highest BCUT2D eigenvalue weighted by Gasteiger charge is 2.28. The third-order valence-corrected chi connectivity index (χ3v) is 5.45. The van der Waals surface area contributed by atoms with Crippen LogP contribution in [0, 0.1) is 22.7 Å². The van der Waals surface area contributed by atoms with Crippen LogP contribution in [-0.2, 0) is 17.7 Å². The molecule has 8 nitrogen and oxygen atoms in total. The molecule has 0 aliphatic rings.